The molecule has 0 amide bonds. The lowest BCUT2D eigenvalue weighted by Crippen LogP contribution is -2.17. The van der Waals surface area contributed by atoms with E-state index in [1.54, 1.807) is 7.11 Å². The van der Waals surface area contributed by atoms with Crippen LogP contribution >= 0.6 is 0 Å². The normalized spacial score (nSPS) is 27.1. The predicted octanol–water partition coefficient (Wildman–Crippen LogP) is 2.15. The van der Waals surface area contributed by atoms with Gasteiger partial charge in [0.05, 0.1) is 7.11 Å². The summed E-state index contributed by atoms with van der Waals surface area (Å²) in [4.78, 5) is 0. The summed E-state index contributed by atoms with van der Waals surface area (Å²) in [5, 5.41) is 0. The first-order valence-corrected chi connectivity index (χ1v) is 5.12. The van der Waals surface area contributed by atoms with E-state index in [4.69, 9.17) is 10.5 Å². The maximum atomic E-state index is 5.86. The Hall–Kier alpha value is -1.02. The number of hydrogen-bond donors (Lipinski definition) is 1. The highest BCUT2D eigenvalue weighted by Crippen LogP contribution is 2.49. The average molecular weight is 191 g/mol. The Morgan fingerprint density at radius 2 is 2.29 bits per heavy atom. The van der Waals surface area contributed by atoms with E-state index in [1.807, 2.05) is 12.1 Å². The quantitative estimate of drug-likeness (QED) is 0.794. The Kier molecular flexibility index (Phi) is 2.46. The molecule has 1 fully saturated rings. The van der Waals surface area contributed by atoms with Gasteiger partial charge in [0.2, 0.25) is 0 Å². The summed E-state index contributed by atoms with van der Waals surface area (Å²) in [7, 11) is 1.70. The fraction of sp³-hybridized carbons (Fsp3) is 0.500. The largest absolute Gasteiger partial charge is 0.497 e. The van der Waals surface area contributed by atoms with Crippen molar-refractivity contribution in [3.63, 3.8) is 0 Å². The summed E-state index contributed by atoms with van der Waals surface area (Å²) in [6.07, 6.45) is 1.23. The summed E-state index contributed by atoms with van der Waals surface area (Å²) in [6, 6.07) is 8.62. The van der Waals surface area contributed by atoms with Crippen molar-refractivity contribution < 1.29 is 4.74 Å². The lowest BCUT2D eigenvalue weighted by atomic mass is 10.1. The first-order valence-electron chi connectivity index (χ1n) is 5.12. The maximum Gasteiger partial charge on any atom is 0.119 e. The molecule has 1 saturated carbocycles. The minimum absolute atomic E-state index is 0.311. The third-order valence-corrected chi connectivity index (χ3v) is 3.04. The van der Waals surface area contributed by atoms with Gasteiger partial charge < -0.3 is 10.5 Å². The van der Waals surface area contributed by atoms with E-state index in [0.717, 1.165) is 5.75 Å². The van der Waals surface area contributed by atoms with E-state index >= 15 is 0 Å². The van der Waals surface area contributed by atoms with Gasteiger partial charge in [-0.05, 0) is 42.9 Å². The molecule has 0 radical (unpaired) electrons. The van der Waals surface area contributed by atoms with Crippen molar-refractivity contribution in [2.45, 2.75) is 25.3 Å². The van der Waals surface area contributed by atoms with E-state index in [-0.39, 0.29) is 0 Å². The van der Waals surface area contributed by atoms with Crippen molar-refractivity contribution in [2.24, 2.45) is 11.7 Å². The molecular weight excluding hydrogens is 174 g/mol. The Morgan fingerprint density at radius 3 is 2.86 bits per heavy atom. The lowest BCUT2D eigenvalue weighted by molar-refractivity contribution is 0.414. The number of ether oxygens (including phenoxy) is 1. The van der Waals surface area contributed by atoms with Gasteiger partial charge in [-0.1, -0.05) is 12.1 Å². The van der Waals surface area contributed by atoms with Crippen molar-refractivity contribution in [1.29, 1.82) is 0 Å². The van der Waals surface area contributed by atoms with E-state index in [2.05, 4.69) is 19.1 Å². The Bertz CT molecular complexity index is 322. The number of hydrogen-bond acceptors (Lipinski definition) is 2. The molecule has 1 aromatic rings. The number of rotatable bonds is 3. The molecule has 2 heteroatoms. The summed E-state index contributed by atoms with van der Waals surface area (Å²) >= 11 is 0. The minimum Gasteiger partial charge on any atom is -0.497 e. The summed E-state index contributed by atoms with van der Waals surface area (Å²) < 4.78 is 5.20. The molecule has 1 aromatic carbocycles. The van der Waals surface area contributed by atoms with Crippen LogP contribution in [-0.4, -0.2) is 13.2 Å². The molecule has 1 aliphatic carbocycles. The summed E-state index contributed by atoms with van der Waals surface area (Å²) in [6.45, 7) is 2.09. The van der Waals surface area contributed by atoms with Crippen LogP contribution in [0.4, 0.5) is 0 Å². The van der Waals surface area contributed by atoms with Gasteiger partial charge >= 0.3 is 0 Å². The fourth-order valence-electron chi connectivity index (χ4n) is 2.05. The van der Waals surface area contributed by atoms with Crippen LogP contribution in [0.3, 0.4) is 0 Å². The second kappa shape index (κ2) is 3.62. The zero-order valence-electron chi connectivity index (χ0n) is 8.73. The Balaban J connectivity index is 2.11. The molecule has 14 heavy (non-hydrogen) atoms. The average Bonchev–Trinajstić information content (AvgIpc) is 2.97. The van der Waals surface area contributed by atoms with Crippen LogP contribution in [0.25, 0.3) is 0 Å². The van der Waals surface area contributed by atoms with Crippen molar-refractivity contribution >= 4 is 0 Å². The van der Waals surface area contributed by atoms with Gasteiger partial charge in [-0.2, -0.15) is 0 Å². The SMILES string of the molecule is COc1cccc([C@H]2C[C@H]2[C@H](C)N)c1. The van der Waals surface area contributed by atoms with Crippen molar-refractivity contribution in [2.75, 3.05) is 7.11 Å². The molecule has 2 N–H and O–H groups in total. The molecule has 0 unspecified atom stereocenters. The van der Waals surface area contributed by atoms with Crippen molar-refractivity contribution in [1.82, 2.24) is 0 Å². The van der Waals surface area contributed by atoms with Gasteiger partial charge in [-0.3, -0.25) is 0 Å². The first-order chi connectivity index (χ1) is 6.72. The summed E-state index contributed by atoms with van der Waals surface area (Å²) in [5.74, 6) is 2.27. The monoisotopic (exact) mass is 191 g/mol. The van der Waals surface area contributed by atoms with Crippen molar-refractivity contribution in [3.05, 3.63) is 29.8 Å². The number of benzene rings is 1. The molecule has 1 aliphatic rings. The van der Waals surface area contributed by atoms with E-state index in [9.17, 15) is 0 Å². The molecule has 0 aliphatic heterocycles. The van der Waals surface area contributed by atoms with E-state index in [1.165, 1.54) is 12.0 Å². The molecular formula is C12H17NO. The fourth-order valence-corrected chi connectivity index (χ4v) is 2.05. The predicted molar refractivity (Wildman–Crippen MR) is 57.5 cm³/mol. The zero-order valence-corrected chi connectivity index (χ0v) is 8.73. The minimum atomic E-state index is 0.311. The maximum absolute atomic E-state index is 5.86. The van der Waals surface area contributed by atoms with Gasteiger partial charge in [0, 0.05) is 6.04 Å². The first kappa shape index (κ1) is 9.53. The van der Waals surface area contributed by atoms with Gasteiger partial charge in [0.15, 0.2) is 0 Å². The van der Waals surface area contributed by atoms with Gasteiger partial charge in [-0.25, -0.2) is 0 Å². The van der Waals surface area contributed by atoms with E-state index in [0.29, 0.717) is 17.9 Å². The van der Waals surface area contributed by atoms with Gasteiger partial charge in [-0.15, -0.1) is 0 Å². The standard InChI is InChI=1S/C12H17NO/c1-8(13)11-7-12(11)9-4-3-5-10(6-9)14-2/h3-6,8,11-12H,7,13H2,1-2H3/t8-,11-,12+/m0/s1. The Morgan fingerprint density at radius 1 is 1.50 bits per heavy atom. The molecule has 0 heterocycles. The van der Waals surface area contributed by atoms with Gasteiger partial charge in [0.25, 0.3) is 0 Å². The topological polar surface area (TPSA) is 35.2 Å². The highest BCUT2D eigenvalue weighted by molar-refractivity contribution is 5.34. The van der Waals surface area contributed by atoms with E-state index < -0.39 is 0 Å². The highest BCUT2D eigenvalue weighted by Gasteiger charge is 2.40. The molecule has 2 rings (SSSR count). The van der Waals surface area contributed by atoms with Crippen molar-refractivity contribution in [3.8, 4) is 5.75 Å². The molecule has 0 saturated heterocycles. The van der Waals surface area contributed by atoms with Crippen LogP contribution in [0.1, 0.15) is 24.8 Å². The molecule has 0 aromatic heterocycles. The highest BCUT2D eigenvalue weighted by atomic mass is 16.5. The van der Waals surface area contributed by atoms with Crippen LogP contribution in [0.2, 0.25) is 0 Å². The Labute approximate surface area is 85.1 Å². The van der Waals surface area contributed by atoms with Crippen LogP contribution in [-0.2, 0) is 0 Å². The molecule has 0 spiro atoms. The zero-order chi connectivity index (χ0) is 10.1. The summed E-state index contributed by atoms with van der Waals surface area (Å²) in [5.41, 5.74) is 7.23. The molecule has 76 valence electrons. The third kappa shape index (κ3) is 1.75. The smallest absolute Gasteiger partial charge is 0.119 e. The molecule has 3 atom stereocenters. The van der Waals surface area contributed by atoms with Crippen LogP contribution in [0.15, 0.2) is 24.3 Å². The molecule has 2 nitrogen and oxygen atoms in total. The molecule has 0 bridgehead atoms. The third-order valence-electron chi connectivity index (χ3n) is 3.04. The van der Waals surface area contributed by atoms with Gasteiger partial charge in [0.1, 0.15) is 5.75 Å². The second-order valence-corrected chi connectivity index (χ2v) is 4.14. The van der Waals surface area contributed by atoms with Crippen LogP contribution in [0.5, 0.6) is 5.75 Å². The number of nitrogens with two attached hydrogens (primary N) is 1. The lowest BCUT2D eigenvalue weighted by Gasteiger charge is -2.05. The van der Waals surface area contributed by atoms with Crippen LogP contribution in [0, 0.1) is 5.92 Å². The number of methoxy groups -OCH3 is 1. The van der Waals surface area contributed by atoms with Crippen LogP contribution < -0.4 is 10.5 Å². The second-order valence-electron chi connectivity index (χ2n) is 4.14.